The van der Waals surface area contributed by atoms with E-state index in [4.69, 9.17) is 15.3 Å². The topological polar surface area (TPSA) is 112 Å². The van der Waals surface area contributed by atoms with E-state index < -0.39 is 29.7 Å². The number of carboxylic acids is 3. The molecule has 0 aromatic rings. The number of aliphatic carboxylic acids is 3. The standard InChI is InChI=1S/C6H8O6.3ClH/c1-2-6(3(7)8,4(9)10)5(11)12;;;/h2H2,1H3,(H,7,8)(H,9,10)(H,11,12);3*1H. The molecule has 0 rings (SSSR count). The quantitative estimate of drug-likeness (QED) is 0.662. The molecule has 0 fully saturated rings. The average molecular weight is 286 g/mol. The molecule has 15 heavy (non-hydrogen) atoms. The van der Waals surface area contributed by atoms with Gasteiger partial charge in [-0.15, -0.1) is 37.2 Å². The van der Waals surface area contributed by atoms with Gasteiger partial charge in [0, 0.05) is 0 Å². The largest absolute Gasteiger partial charge is 0.480 e. The second-order valence-electron chi connectivity index (χ2n) is 2.17. The fourth-order valence-corrected chi connectivity index (χ4v) is 0.728. The van der Waals surface area contributed by atoms with Crippen molar-refractivity contribution in [3.05, 3.63) is 0 Å². The lowest BCUT2D eigenvalue weighted by Gasteiger charge is -2.16. The minimum Gasteiger partial charge on any atom is -0.480 e. The summed E-state index contributed by atoms with van der Waals surface area (Å²) in [6, 6.07) is 0. The molecule has 0 heterocycles. The Morgan fingerprint density at radius 3 is 1.07 bits per heavy atom. The van der Waals surface area contributed by atoms with Crippen molar-refractivity contribution in [1.82, 2.24) is 0 Å². The Kier molecular flexibility index (Phi) is 13.6. The molecule has 0 spiro atoms. The molecule has 0 aromatic carbocycles. The van der Waals surface area contributed by atoms with E-state index in [1.54, 1.807) is 0 Å². The maximum Gasteiger partial charge on any atom is 0.332 e. The molecular formula is C6H11Cl3O6. The van der Waals surface area contributed by atoms with Gasteiger partial charge in [0.1, 0.15) is 0 Å². The second-order valence-corrected chi connectivity index (χ2v) is 2.17. The van der Waals surface area contributed by atoms with Gasteiger partial charge >= 0.3 is 17.9 Å². The van der Waals surface area contributed by atoms with Crippen molar-refractivity contribution in [1.29, 1.82) is 0 Å². The van der Waals surface area contributed by atoms with E-state index in [0.717, 1.165) is 0 Å². The highest BCUT2D eigenvalue weighted by atomic mass is 35.5. The molecule has 92 valence electrons. The maximum absolute atomic E-state index is 10.4. The Balaban J connectivity index is -0.000000202. The van der Waals surface area contributed by atoms with Crippen LogP contribution in [-0.2, 0) is 14.4 Å². The molecule has 0 saturated heterocycles. The van der Waals surface area contributed by atoms with Crippen LogP contribution in [0.4, 0.5) is 0 Å². The first-order valence-corrected chi connectivity index (χ1v) is 3.09. The van der Waals surface area contributed by atoms with E-state index in [2.05, 4.69) is 0 Å². The number of carboxylic acid groups (broad SMARTS) is 3. The van der Waals surface area contributed by atoms with E-state index in [1.807, 2.05) is 0 Å². The number of hydrogen-bond acceptors (Lipinski definition) is 3. The molecule has 9 heteroatoms. The van der Waals surface area contributed by atoms with E-state index in [-0.39, 0.29) is 37.2 Å². The summed E-state index contributed by atoms with van der Waals surface area (Å²) in [6.07, 6.45) is -0.493. The van der Waals surface area contributed by atoms with Crippen molar-refractivity contribution in [3.63, 3.8) is 0 Å². The fraction of sp³-hybridized carbons (Fsp3) is 0.500. The molecule has 0 aliphatic carbocycles. The first-order chi connectivity index (χ1) is 5.39. The highest BCUT2D eigenvalue weighted by Gasteiger charge is 2.52. The van der Waals surface area contributed by atoms with Gasteiger partial charge in [0.15, 0.2) is 0 Å². The molecule has 0 atom stereocenters. The summed E-state index contributed by atoms with van der Waals surface area (Å²) in [5.41, 5.74) is -2.71. The van der Waals surface area contributed by atoms with Gasteiger partial charge in [-0.05, 0) is 6.42 Å². The monoisotopic (exact) mass is 284 g/mol. The molecule has 6 nitrogen and oxygen atoms in total. The van der Waals surface area contributed by atoms with Gasteiger partial charge in [0.25, 0.3) is 5.41 Å². The van der Waals surface area contributed by atoms with Gasteiger partial charge in [-0.2, -0.15) is 0 Å². The zero-order valence-electron chi connectivity index (χ0n) is 7.50. The predicted octanol–water partition coefficient (Wildman–Crippen LogP) is 0.902. The number of halogens is 3. The van der Waals surface area contributed by atoms with Crippen molar-refractivity contribution in [3.8, 4) is 0 Å². The Hall–Kier alpha value is -0.720. The Morgan fingerprint density at radius 2 is 1.07 bits per heavy atom. The van der Waals surface area contributed by atoms with Crippen LogP contribution in [0.1, 0.15) is 13.3 Å². The average Bonchev–Trinajstić information content (AvgIpc) is 1.86. The number of rotatable bonds is 4. The van der Waals surface area contributed by atoms with Crippen molar-refractivity contribution < 1.29 is 29.7 Å². The van der Waals surface area contributed by atoms with Crippen molar-refractivity contribution in [2.75, 3.05) is 0 Å². The number of hydrogen-bond donors (Lipinski definition) is 3. The summed E-state index contributed by atoms with van der Waals surface area (Å²) in [5, 5.41) is 25.2. The van der Waals surface area contributed by atoms with Crippen LogP contribution in [0.3, 0.4) is 0 Å². The third-order valence-electron chi connectivity index (χ3n) is 1.63. The zero-order valence-corrected chi connectivity index (χ0v) is 9.95. The highest BCUT2D eigenvalue weighted by Crippen LogP contribution is 2.22. The van der Waals surface area contributed by atoms with E-state index in [9.17, 15) is 14.4 Å². The number of carbonyl (C=O) groups is 3. The van der Waals surface area contributed by atoms with E-state index in [1.165, 1.54) is 6.92 Å². The van der Waals surface area contributed by atoms with Gasteiger partial charge in [-0.3, -0.25) is 14.4 Å². The van der Waals surface area contributed by atoms with Crippen LogP contribution in [0.2, 0.25) is 0 Å². The Morgan fingerprint density at radius 1 is 0.867 bits per heavy atom. The first kappa shape index (κ1) is 23.8. The second kappa shape index (κ2) is 8.58. The Bertz CT molecular complexity index is 205. The molecule has 0 radical (unpaired) electrons. The van der Waals surface area contributed by atoms with E-state index >= 15 is 0 Å². The lowest BCUT2D eigenvalue weighted by molar-refractivity contribution is -0.175. The van der Waals surface area contributed by atoms with Crippen LogP contribution in [0.25, 0.3) is 0 Å². The lowest BCUT2D eigenvalue weighted by Crippen LogP contribution is -2.45. The van der Waals surface area contributed by atoms with Crippen LogP contribution in [-0.4, -0.2) is 33.2 Å². The maximum atomic E-state index is 10.4. The van der Waals surface area contributed by atoms with Gasteiger partial charge in [-0.1, -0.05) is 6.92 Å². The summed E-state index contributed by atoms with van der Waals surface area (Å²) < 4.78 is 0. The molecule has 0 amide bonds. The summed E-state index contributed by atoms with van der Waals surface area (Å²) in [4.78, 5) is 31.1. The minimum atomic E-state index is -2.71. The molecule has 0 unspecified atom stereocenters. The SMILES string of the molecule is CCC(C(=O)O)(C(=O)O)C(=O)O.Cl.Cl.Cl. The molecule has 0 aliphatic heterocycles. The lowest BCUT2D eigenvalue weighted by atomic mass is 9.85. The predicted molar refractivity (Wildman–Crippen MR) is 57.4 cm³/mol. The highest BCUT2D eigenvalue weighted by molar-refractivity contribution is 6.16. The normalized spacial score (nSPS) is 8.60. The van der Waals surface area contributed by atoms with E-state index in [0.29, 0.717) is 0 Å². The van der Waals surface area contributed by atoms with Gasteiger partial charge in [0.2, 0.25) is 0 Å². The van der Waals surface area contributed by atoms with Crippen molar-refractivity contribution >= 4 is 55.1 Å². The van der Waals surface area contributed by atoms with Crippen LogP contribution in [0.5, 0.6) is 0 Å². The smallest absolute Gasteiger partial charge is 0.332 e. The van der Waals surface area contributed by atoms with Crippen LogP contribution in [0, 0.1) is 5.41 Å². The molecule has 3 N–H and O–H groups in total. The Labute approximate surface area is 104 Å². The van der Waals surface area contributed by atoms with Crippen molar-refractivity contribution in [2.45, 2.75) is 13.3 Å². The molecule has 0 aliphatic rings. The van der Waals surface area contributed by atoms with Gasteiger partial charge in [0.05, 0.1) is 0 Å². The summed E-state index contributed by atoms with van der Waals surface area (Å²) in [5.74, 6) is -5.57. The third-order valence-corrected chi connectivity index (χ3v) is 1.63. The summed E-state index contributed by atoms with van der Waals surface area (Å²) in [6.45, 7) is 1.19. The van der Waals surface area contributed by atoms with Gasteiger partial charge in [-0.25, -0.2) is 0 Å². The summed E-state index contributed by atoms with van der Waals surface area (Å²) in [7, 11) is 0. The van der Waals surface area contributed by atoms with Gasteiger partial charge < -0.3 is 15.3 Å². The third kappa shape index (κ3) is 4.11. The fourth-order valence-electron chi connectivity index (χ4n) is 0.728. The molecule has 0 aromatic heterocycles. The first-order valence-electron chi connectivity index (χ1n) is 3.09. The molecule has 0 saturated carbocycles. The van der Waals surface area contributed by atoms with Crippen LogP contribution < -0.4 is 0 Å². The molecular weight excluding hydrogens is 274 g/mol. The molecule has 0 bridgehead atoms. The minimum absolute atomic E-state index is 0. The van der Waals surface area contributed by atoms with Crippen molar-refractivity contribution in [2.24, 2.45) is 5.41 Å². The zero-order chi connectivity index (χ0) is 9.94. The van der Waals surface area contributed by atoms with Crippen LogP contribution in [0.15, 0.2) is 0 Å². The van der Waals surface area contributed by atoms with Crippen LogP contribution >= 0.6 is 37.2 Å². The summed E-state index contributed by atoms with van der Waals surface area (Å²) >= 11 is 0.